The summed E-state index contributed by atoms with van der Waals surface area (Å²) in [5, 5.41) is 0. The highest BCUT2D eigenvalue weighted by atomic mass is 16.6. The van der Waals surface area contributed by atoms with Gasteiger partial charge < -0.3 is 4.84 Å². The quantitative estimate of drug-likeness (QED) is 0.197. The molecule has 0 heterocycles. The Morgan fingerprint density at radius 1 is 0.667 bits per heavy atom. The SMILES string of the molecule is CCCCCCCC/C=C\CCCCCCCCONC. The molecule has 2 heteroatoms. The van der Waals surface area contributed by atoms with Crippen LogP contribution >= 0.6 is 0 Å². The van der Waals surface area contributed by atoms with E-state index in [1.54, 1.807) is 0 Å². The second-order valence-electron chi connectivity index (χ2n) is 5.99. The van der Waals surface area contributed by atoms with E-state index in [1.165, 1.54) is 89.9 Å². The van der Waals surface area contributed by atoms with Crippen LogP contribution < -0.4 is 5.48 Å². The summed E-state index contributed by atoms with van der Waals surface area (Å²) in [5.74, 6) is 0. The number of unbranched alkanes of at least 4 members (excludes halogenated alkanes) is 12. The lowest BCUT2D eigenvalue weighted by atomic mass is 10.1. The van der Waals surface area contributed by atoms with Crippen LogP contribution in [0.25, 0.3) is 0 Å². The van der Waals surface area contributed by atoms with Crippen molar-refractivity contribution in [3.05, 3.63) is 12.2 Å². The van der Waals surface area contributed by atoms with Gasteiger partial charge in [0.1, 0.15) is 0 Å². The number of allylic oxidation sites excluding steroid dienone is 2. The van der Waals surface area contributed by atoms with Crippen molar-refractivity contribution in [1.29, 1.82) is 0 Å². The highest BCUT2D eigenvalue weighted by molar-refractivity contribution is 4.81. The number of nitrogens with one attached hydrogen (secondary N) is 1. The molecule has 0 saturated heterocycles. The van der Waals surface area contributed by atoms with E-state index < -0.39 is 0 Å². The highest BCUT2D eigenvalue weighted by Gasteiger charge is 1.91. The number of hydrogen-bond acceptors (Lipinski definition) is 2. The minimum absolute atomic E-state index is 0.845. The Morgan fingerprint density at radius 2 is 1.14 bits per heavy atom. The maximum absolute atomic E-state index is 5.09. The molecule has 0 rings (SSSR count). The average molecular weight is 298 g/mol. The lowest BCUT2D eigenvalue weighted by Gasteiger charge is -2.01. The molecule has 0 radical (unpaired) electrons. The monoisotopic (exact) mass is 297 g/mol. The standard InChI is InChI=1S/C19H39NO/c1-3-4-5-6-7-8-9-10-11-12-13-14-15-16-17-18-19-21-20-2/h10-11,20H,3-9,12-19H2,1-2H3/b11-10-. The van der Waals surface area contributed by atoms with Crippen molar-refractivity contribution in [3.63, 3.8) is 0 Å². The molecule has 0 aliphatic heterocycles. The first-order valence-corrected chi connectivity index (χ1v) is 9.35. The summed E-state index contributed by atoms with van der Waals surface area (Å²) in [7, 11) is 1.82. The van der Waals surface area contributed by atoms with Crippen LogP contribution in [0.1, 0.15) is 96.8 Å². The molecule has 2 nitrogen and oxygen atoms in total. The van der Waals surface area contributed by atoms with Crippen LogP contribution in [-0.4, -0.2) is 13.7 Å². The molecule has 0 spiro atoms. The van der Waals surface area contributed by atoms with E-state index in [9.17, 15) is 0 Å². The van der Waals surface area contributed by atoms with Gasteiger partial charge in [-0.2, -0.15) is 0 Å². The van der Waals surface area contributed by atoms with Gasteiger partial charge in [-0.05, 0) is 32.1 Å². The van der Waals surface area contributed by atoms with Crippen LogP contribution in [0.3, 0.4) is 0 Å². The van der Waals surface area contributed by atoms with Gasteiger partial charge >= 0.3 is 0 Å². The van der Waals surface area contributed by atoms with Crippen LogP contribution in [0.15, 0.2) is 12.2 Å². The molecule has 0 aliphatic rings. The van der Waals surface area contributed by atoms with Crippen molar-refractivity contribution in [2.45, 2.75) is 96.8 Å². The van der Waals surface area contributed by atoms with Crippen molar-refractivity contribution in [1.82, 2.24) is 5.48 Å². The van der Waals surface area contributed by atoms with Crippen molar-refractivity contribution in [2.24, 2.45) is 0 Å². The van der Waals surface area contributed by atoms with Gasteiger partial charge in [-0.1, -0.05) is 76.9 Å². The van der Waals surface area contributed by atoms with Crippen LogP contribution in [0.5, 0.6) is 0 Å². The Kier molecular flexibility index (Phi) is 19.3. The summed E-state index contributed by atoms with van der Waals surface area (Å²) < 4.78 is 0. The first-order chi connectivity index (χ1) is 10.4. The number of rotatable bonds is 17. The summed E-state index contributed by atoms with van der Waals surface area (Å²) >= 11 is 0. The smallest absolute Gasteiger partial charge is 0.0682 e. The molecular weight excluding hydrogens is 258 g/mol. The number of hydroxylamine groups is 1. The maximum Gasteiger partial charge on any atom is 0.0682 e. The zero-order valence-electron chi connectivity index (χ0n) is 14.7. The largest absolute Gasteiger partial charge is 0.302 e. The Labute approximate surface area is 133 Å². The third-order valence-corrected chi connectivity index (χ3v) is 3.90. The van der Waals surface area contributed by atoms with E-state index in [-0.39, 0.29) is 0 Å². The fraction of sp³-hybridized carbons (Fsp3) is 0.895. The van der Waals surface area contributed by atoms with E-state index in [4.69, 9.17) is 4.84 Å². The first-order valence-electron chi connectivity index (χ1n) is 9.35. The predicted octanol–water partition coefficient (Wildman–Crippen LogP) is 6.17. The lowest BCUT2D eigenvalue weighted by Crippen LogP contribution is -2.07. The van der Waals surface area contributed by atoms with Gasteiger partial charge in [0.15, 0.2) is 0 Å². The molecule has 0 aromatic carbocycles. The molecular formula is C19H39NO. The molecule has 126 valence electrons. The first kappa shape index (κ1) is 20.7. The topological polar surface area (TPSA) is 21.3 Å². The van der Waals surface area contributed by atoms with Gasteiger partial charge in [0.05, 0.1) is 6.61 Å². The summed E-state index contributed by atoms with van der Waals surface area (Å²) in [6.07, 6.45) is 23.8. The van der Waals surface area contributed by atoms with Crippen LogP contribution in [-0.2, 0) is 4.84 Å². The van der Waals surface area contributed by atoms with Crippen molar-refractivity contribution >= 4 is 0 Å². The Balaban J connectivity index is 3.02. The molecule has 0 amide bonds. The molecule has 0 aromatic heterocycles. The van der Waals surface area contributed by atoms with Gasteiger partial charge in [-0.3, -0.25) is 0 Å². The van der Waals surface area contributed by atoms with E-state index in [0.29, 0.717) is 0 Å². The fourth-order valence-electron chi connectivity index (χ4n) is 2.52. The summed E-state index contributed by atoms with van der Waals surface area (Å²) in [6.45, 7) is 3.12. The van der Waals surface area contributed by atoms with Gasteiger partial charge in [0.2, 0.25) is 0 Å². The third kappa shape index (κ3) is 19.7. The lowest BCUT2D eigenvalue weighted by molar-refractivity contribution is 0.0550. The summed E-state index contributed by atoms with van der Waals surface area (Å²) in [6, 6.07) is 0. The van der Waals surface area contributed by atoms with Crippen molar-refractivity contribution < 1.29 is 4.84 Å². The molecule has 0 unspecified atom stereocenters. The zero-order chi connectivity index (χ0) is 15.4. The molecule has 0 saturated carbocycles. The minimum atomic E-state index is 0.845. The number of hydrogen-bond donors (Lipinski definition) is 1. The molecule has 0 atom stereocenters. The third-order valence-electron chi connectivity index (χ3n) is 3.90. The molecule has 0 fully saturated rings. The van der Waals surface area contributed by atoms with Gasteiger partial charge in [-0.25, -0.2) is 5.48 Å². The molecule has 21 heavy (non-hydrogen) atoms. The second kappa shape index (κ2) is 19.7. The minimum Gasteiger partial charge on any atom is -0.302 e. The van der Waals surface area contributed by atoms with Gasteiger partial charge in [0.25, 0.3) is 0 Å². The predicted molar refractivity (Wildman–Crippen MR) is 94.5 cm³/mol. The Bertz CT molecular complexity index is 204. The van der Waals surface area contributed by atoms with Crippen LogP contribution in [0, 0.1) is 0 Å². The summed E-state index contributed by atoms with van der Waals surface area (Å²) in [5.41, 5.74) is 2.71. The van der Waals surface area contributed by atoms with E-state index in [0.717, 1.165) is 6.61 Å². The van der Waals surface area contributed by atoms with E-state index in [1.807, 2.05) is 7.05 Å². The highest BCUT2D eigenvalue weighted by Crippen LogP contribution is 2.09. The van der Waals surface area contributed by atoms with Gasteiger partial charge in [-0.15, -0.1) is 0 Å². The maximum atomic E-state index is 5.09. The van der Waals surface area contributed by atoms with E-state index in [2.05, 4.69) is 24.6 Å². The molecule has 1 N–H and O–H groups in total. The molecule has 0 aliphatic carbocycles. The normalized spacial score (nSPS) is 11.5. The zero-order valence-corrected chi connectivity index (χ0v) is 14.7. The van der Waals surface area contributed by atoms with Gasteiger partial charge in [0, 0.05) is 7.05 Å². The molecule has 0 bridgehead atoms. The Hall–Kier alpha value is -0.340. The van der Waals surface area contributed by atoms with Crippen molar-refractivity contribution in [3.8, 4) is 0 Å². The molecule has 0 aromatic rings. The fourth-order valence-corrected chi connectivity index (χ4v) is 2.52. The summed E-state index contributed by atoms with van der Waals surface area (Å²) in [4.78, 5) is 5.09. The second-order valence-corrected chi connectivity index (χ2v) is 5.99. The Morgan fingerprint density at radius 3 is 1.67 bits per heavy atom. The van der Waals surface area contributed by atoms with Crippen LogP contribution in [0.4, 0.5) is 0 Å². The van der Waals surface area contributed by atoms with E-state index >= 15 is 0 Å². The average Bonchev–Trinajstić information content (AvgIpc) is 2.50. The van der Waals surface area contributed by atoms with Crippen LogP contribution in [0.2, 0.25) is 0 Å². The van der Waals surface area contributed by atoms with Crippen molar-refractivity contribution in [2.75, 3.05) is 13.7 Å².